The van der Waals surface area contributed by atoms with Crippen molar-refractivity contribution in [2.75, 3.05) is 30.0 Å². The van der Waals surface area contributed by atoms with E-state index in [0.29, 0.717) is 5.82 Å². The highest BCUT2D eigenvalue weighted by atomic mass is 32.2. The zero-order valence-electron chi connectivity index (χ0n) is 9.98. The van der Waals surface area contributed by atoms with Crippen molar-refractivity contribution in [2.45, 2.75) is 4.90 Å². The lowest BCUT2D eigenvalue weighted by atomic mass is 10.5. The van der Waals surface area contributed by atoms with E-state index in [9.17, 15) is 16.8 Å². The molecule has 2 rings (SSSR count). The number of nitrogens with two attached hydrogens (primary N) is 1. The number of hydrazine groups is 1. The Balaban J connectivity index is 2.22. The summed E-state index contributed by atoms with van der Waals surface area (Å²) in [7, 11) is -6.82. The fourth-order valence-electron chi connectivity index (χ4n) is 1.70. The van der Waals surface area contributed by atoms with Crippen LogP contribution >= 0.6 is 0 Å². The van der Waals surface area contributed by atoms with Gasteiger partial charge in [0.25, 0.3) is 0 Å². The molecule has 1 aliphatic heterocycles. The number of sulfone groups is 1. The highest BCUT2D eigenvalue weighted by molar-refractivity contribution is 7.92. The summed E-state index contributed by atoms with van der Waals surface area (Å²) in [6, 6.07) is 2.81. The summed E-state index contributed by atoms with van der Waals surface area (Å²) in [5.74, 6) is 5.19. The summed E-state index contributed by atoms with van der Waals surface area (Å²) in [6.45, 7) is -0.0525. The van der Waals surface area contributed by atoms with Crippen LogP contribution in [-0.4, -0.2) is 50.7 Å². The number of nitrogens with one attached hydrogen (secondary N) is 1. The number of nitrogen functional groups attached to an aromatic ring is 1. The first-order chi connectivity index (χ1) is 8.85. The van der Waals surface area contributed by atoms with Crippen molar-refractivity contribution in [1.29, 1.82) is 0 Å². The molecule has 0 aliphatic carbocycles. The third-order valence-corrected chi connectivity index (χ3v) is 6.32. The van der Waals surface area contributed by atoms with Crippen molar-refractivity contribution >= 4 is 25.7 Å². The molecule has 1 aromatic heterocycles. The molecular weight excluding hydrogens is 292 g/mol. The summed E-state index contributed by atoms with van der Waals surface area (Å²) in [6.07, 6.45) is 1.19. The summed E-state index contributed by atoms with van der Waals surface area (Å²) in [5.41, 5.74) is 2.30. The molecule has 1 aliphatic rings. The van der Waals surface area contributed by atoms with Gasteiger partial charge in [0.2, 0.25) is 10.0 Å². The van der Waals surface area contributed by atoms with E-state index in [1.807, 2.05) is 0 Å². The maximum absolute atomic E-state index is 12.2. The monoisotopic (exact) mass is 306 g/mol. The third-order valence-electron chi connectivity index (χ3n) is 2.83. The van der Waals surface area contributed by atoms with Gasteiger partial charge in [-0.05, 0) is 12.1 Å². The lowest BCUT2D eigenvalue weighted by Crippen LogP contribution is -2.43. The van der Waals surface area contributed by atoms with Gasteiger partial charge in [-0.25, -0.2) is 27.7 Å². The van der Waals surface area contributed by atoms with Crippen molar-refractivity contribution in [1.82, 2.24) is 9.29 Å². The second-order valence-corrected chi connectivity index (χ2v) is 8.32. The second-order valence-electron chi connectivity index (χ2n) is 4.08. The van der Waals surface area contributed by atoms with E-state index in [-0.39, 0.29) is 29.5 Å². The van der Waals surface area contributed by atoms with Crippen LogP contribution in [0.15, 0.2) is 23.2 Å². The number of sulfonamides is 1. The molecule has 0 aromatic carbocycles. The molecule has 0 amide bonds. The topological polar surface area (TPSA) is 122 Å². The van der Waals surface area contributed by atoms with Gasteiger partial charge >= 0.3 is 0 Å². The molecule has 2 heterocycles. The quantitative estimate of drug-likeness (QED) is 0.530. The smallest absolute Gasteiger partial charge is 0.244 e. The summed E-state index contributed by atoms with van der Waals surface area (Å²) >= 11 is 0. The van der Waals surface area contributed by atoms with Gasteiger partial charge in [-0.2, -0.15) is 4.31 Å². The fraction of sp³-hybridized carbons (Fsp3) is 0.444. The second kappa shape index (κ2) is 5.04. The van der Waals surface area contributed by atoms with Crippen molar-refractivity contribution < 1.29 is 16.8 Å². The average Bonchev–Trinajstić information content (AvgIpc) is 2.38. The van der Waals surface area contributed by atoms with Crippen molar-refractivity contribution in [3.05, 3.63) is 18.3 Å². The van der Waals surface area contributed by atoms with E-state index < -0.39 is 19.9 Å². The van der Waals surface area contributed by atoms with Crippen LogP contribution in [-0.2, 0) is 19.9 Å². The Morgan fingerprint density at radius 3 is 2.37 bits per heavy atom. The molecule has 0 radical (unpaired) electrons. The maximum atomic E-state index is 12.2. The molecule has 10 heteroatoms. The number of hydrogen-bond acceptors (Lipinski definition) is 7. The van der Waals surface area contributed by atoms with Gasteiger partial charge in [0.15, 0.2) is 9.84 Å². The minimum atomic E-state index is -3.70. The summed E-state index contributed by atoms with van der Waals surface area (Å²) in [5, 5.41) is 0. The SMILES string of the molecule is NNc1ccc(S(=O)(=O)N2CCS(=O)(=O)CC2)cn1. The minimum Gasteiger partial charge on any atom is -0.308 e. The Morgan fingerprint density at radius 1 is 1.26 bits per heavy atom. The van der Waals surface area contributed by atoms with E-state index in [0.717, 1.165) is 4.31 Å². The Bertz CT molecular complexity index is 640. The van der Waals surface area contributed by atoms with Crippen molar-refractivity contribution in [3.63, 3.8) is 0 Å². The van der Waals surface area contributed by atoms with Crippen LogP contribution in [0.5, 0.6) is 0 Å². The molecule has 1 aromatic rings. The fourth-order valence-corrected chi connectivity index (χ4v) is 4.52. The molecule has 3 N–H and O–H groups in total. The van der Waals surface area contributed by atoms with Crippen LogP contribution in [0.25, 0.3) is 0 Å². The molecule has 19 heavy (non-hydrogen) atoms. The first kappa shape index (κ1) is 14.2. The van der Waals surface area contributed by atoms with Crippen molar-refractivity contribution in [2.24, 2.45) is 5.84 Å². The van der Waals surface area contributed by atoms with Gasteiger partial charge < -0.3 is 5.43 Å². The van der Waals surface area contributed by atoms with Crippen LogP contribution in [0.3, 0.4) is 0 Å². The molecule has 8 nitrogen and oxygen atoms in total. The van der Waals surface area contributed by atoms with E-state index in [1.165, 1.54) is 18.3 Å². The zero-order valence-corrected chi connectivity index (χ0v) is 11.6. The largest absolute Gasteiger partial charge is 0.308 e. The predicted molar refractivity (Wildman–Crippen MR) is 69.5 cm³/mol. The molecule has 1 saturated heterocycles. The zero-order chi connectivity index (χ0) is 14.1. The first-order valence-corrected chi connectivity index (χ1v) is 8.74. The number of aromatic nitrogens is 1. The van der Waals surface area contributed by atoms with E-state index in [4.69, 9.17) is 5.84 Å². The van der Waals surface area contributed by atoms with Gasteiger partial charge in [0.1, 0.15) is 10.7 Å². The van der Waals surface area contributed by atoms with E-state index in [2.05, 4.69) is 10.4 Å². The molecule has 0 atom stereocenters. The maximum Gasteiger partial charge on any atom is 0.244 e. The number of nitrogens with zero attached hydrogens (tertiary/aromatic N) is 2. The third kappa shape index (κ3) is 3.03. The van der Waals surface area contributed by atoms with Crippen LogP contribution in [0.4, 0.5) is 5.82 Å². The molecule has 106 valence electrons. The van der Waals surface area contributed by atoms with Gasteiger partial charge in [-0.1, -0.05) is 0 Å². The van der Waals surface area contributed by atoms with Gasteiger partial charge in [-0.15, -0.1) is 0 Å². The minimum absolute atomic E-state index is 0.0193. The first-order valence-electron chi connectivity index (χ1n) is 5.48. The van der Waals surface area contributed by atoms with Crippen molar-refractivity contribution in [3.8, 4) is 0 Å². The summed E-state index contributed by atoms with van der Waals surface area (Å²) < 4.78 is 48.2. The van der Waals surface area contributed by atoms with Gasteiger partial charge in [-0.3, -0.25) is 0 Å². The van der Waals surface area contributed by atoms with E-state index >= 15 is 0 Å². The number of hydrogen-bond donors (Lipinski definition) is 2. The number of rotatable bonds is 3. The highest BCUT2D eigenvalue weighted by Gasteiger charge is 2.31. The van der Waals surface area contributed by atoms with Gasteiger partial charge in [0, 0.05) is 19.3 Å². The van der Waals surface area contributed by atoms with Crippen LogP contribution in [0.2, 0.25) is 0 Å². The number of pyridine rings is 1. The lowest BCUT2D eigenvalue weighted by Gasteiger charge is -2.25. The Hall–Kier alpha value is -1.23. The molecule has 0 unspecified atom stereocenters. The highest BCUT2D eigenvalue weighted by Crippen LogP contribution is 2.18. The van der Waals surface area contributed by atoms with Crippen LogP contribution in [0.1, 0.15) is 0 Å². The normalized spacial score (nSPS) is 20.1. The van der Waals surface area contributed by atoms with E-state index in [1.54, 1.807) is 0 Å². The Morgan fingerprint density at radius 2 is 1.89 bits per heavy atom. The molecule has 0 bridgehead atoms. The van der Waals surface area contributed by atoms with Gasteiger partial charge in [0.05, 0.1) is 11.5 Å². The lowest BCUT2D eigenvalue weighted by molar-refractivity contribution is 0.430. The average molecular weight is 306 g/mol. The molecular formula is C9H14N4O4S2. The molecule has 1 fully saturated rings. The number of anilines is 1. The Kier molecular flexibility index (Phi) is 3.76. The predicted octanol–water partition coefficient (Wildman–Crippen LogP) is -1.21. The van der Waals surface area contributed by atoms with Crippen LogP contribution in [0, 0.1) is 0 Å². The van der Waals surface area contributed by atoms with Crippen LogP contribution < -0.4 is 11.3 Å². The molecule has 0 saturated carbocycles. The molecule has 0 spiro atoms. The summed E-state index contributed by atoms with van der Waals surface area (Å²) in [4.78, 5) is 3.85. The standard InChI is InChI=1S/C9H14N4O4S2/c10-12-9-2-1-8(7-11-9)19(16,17)13-3-5-18(14,15)6-4-13/h1-2,7H,3-6,10H2,(H,11,12). The Labute approximate surface area is 111 Å².